The van der Waals surface area contributed by atoms with Crippen LogP contribution in [-0.2, 0) is 9.53 Å². The van der Waals surface area contributed by atoms with Gasteiger partial charge in [0.2, 0.25) is 0 Å². The van der Waals surface area contributed by atoms with Gasteiger partial charge < -0.3 is 20.5 Å². The van der Waals surface area contributed by atoms with Gasteiger partial charge in [-0.05, 0) is 29.8 Å². The van der Waals surface area contributed by atoms with Gasteiger partial charge in [-0.1, -0.05) is 35.9 Å². The average Bonchev–Trinajstić information content (AvgIpc) is 2.95. The van der Waals surface area contributed by atoms with Crippen LogP contribution < -0.4 is 15.5 Å². The number of rotatable bonds is 2. The molecule has 3 N–H and O–H groups in total. The number of nitrogens with one attached hydrogen (secondary N) is 2. The molecule has 1 atom stereocenters. The zero-order chi connectivity index (χ0) is 19.8. The van der Waals surface area contributed by atoms with E-state index in [-0.39, 0.29) is 12.1 Å². The minimum atomic E-state index is -1.46. The first-order valence-electron chi connectivity index (χ1n) is 8.33. The van der Waals surface area contributed by atoms with E-state index in [2.05, 4.69) is 10.6 Å². The summed E-state index contributed by atoms with van der Waals surface area (Å²) in [5.74, 6) is -0.525. The van der Waals surface area contributed by atoms with Crippen LogP contribution in [-0.4, -0.2) is 29.4 Å². The number of para-hydroxylation sites is 1. The third kappa shape index (κ3) is 3.14. The smallest absolute Gasteiger partial charge is 0.450 e. The lowest BCUT2D eigenvalue weighted by atomic mass is 9.94. The predicted octanol–water partition coefficient (Wildman–Crippen LogP) is 3.64. The Balaban J connectivity index is 1.80. The molecule has 2 aliphatic heterocycles. The van der Waals surface area contributed by atoms with Crippen molar-refractivity contribution in [3.8, 4) is 0 Å². The summed E-state index contributed by atoms with van der Waals surface area (Å²) >= 11 is 6.03. The number of carboxylic acid groups (broad SMARTS) is 1. The first-order valence-corrected chi connectivity index (χ1v) is 8.71. The SMILES string of the molecule is O=C(O)OC1CC(=C2NC(=O)N(c3ccccc3)C2=O)c2ccc(Cl)cc2N1. The van der Waals surface area contributed by atoms with E-state index in [1.54, 1.807) is 48.5 Å². The van der Waals surface area contributed by atoms with Crippen LogP contribution in [0.4, 0.5) is 21.0 Å². The minimum Gasteiger partial charge on any atom is -0.450 e. The van der Waals surface area contributed by atoms with Crippen molar-refractivity contribution in [1.29, 1.82) is 0 Å². The zero-order valence-electron chi connectivity index (χ0n) is 14.3. The largest absolute Gasteiger partial charge is 0.507 e. The van der Waals surface area contributed by atoms with Crippen LogP contribution >= 0.6 is 11.6 Å². The zero-order valence-corrected chi connectivity index (χ0v) is 15.1. The molecule has 3 amide bonds. The van der Waals surface area contributed by atoms with Gasteiger partial charge in [0.15, 0.2) is 6.23 Å². The molecule has 142 valence electrons. The molecule has 4 rings (SSSR count). The maximum absolute atomic E-state index is 13.0. The maximum atomic E-state index is 13.0. The fourth-order valence-corrected chi connectivity index (χ4v) is 3.46. The van der Waals surface area contributed by atoms with Gasteiger partial charge in [0.05, 0.1) is 5.69 Å². The van der Waals surface area contributed by atoms with Crippen molar-refractivity contribution in [2.45, 2.75) is 12.6 Å². The van der Waals surface area contributed by atoms with Crippen LogP contribution in [0.3, 0.4) is 0 Å². The molecule has 28 heavy (non-hydrogen) atoms. The van der Waals surface area contributed by atoms with Crippen molar-refractivity contribution < 1.29 is 24.2 Å². The van der Waals surface area contributed by atoms with E-state index >= 15 is 0 Å². The topological polar surface area (TPSA) is 108 Å². The molecule has 0 spiro atoms. The number of nitrogens with zero attached hydrogens (tertiary/aromatic N) is 1. The molecule has 0 aromatic heterocycles. The van der Waals surface area contributed by atoms with Crippen molar-refractivity contribution in [2.24, 2.45) is 0 Å². The molecule has 2 aliphatic rings. The van der Waals surface area contributed by atoms with Crippen molar-refractivity contribution in [1.82, 2.24) is 5.32 Å². The molecule has 0 aliphatic carbocycles. The molecular formula is C19H14ClN3O5. The van der Waals surface area contributed by atoms with Crippen molar-refractivity contribution in [2.75, 3.05) is 10.2 Å². The number of ether oxygens (including phenoxy) is 1. The van der Waals surface area contributed by atoms with E-state index in [1.165, 1.54) is 0 Å². The highest BCUT2D eigenvalue weighted by Gasteiger charge is 2.39. The summed E-state index contributed by atoms with van der Waals surface area (Å²) < 4.78 is 4.84. The second-order valence-electron chi connectivity index (χ2n) is 6.17. The fourth-order valence-electron chi connectivity index (χ4n) is 3.28. The summed E-state index contributed by atoms with van der Waals surface area (Å²) in [5.41, 5.74) is 2.12. The Labute approximate surface area is 164 Å². The second kappa shape index (κ2) is 6.90. The highest BCUT2D eigenvalue weighted by Crippen LogP contribution is 2.38. The van der Waals surface area contributed by atoms with E-state index < -0.39 is 24.3 Å². The van der Waals surface area contributed by atoms with Gasteiger partial charge in [-0.3, -0.25) is 4.79 Å². The molecule has 9 heteroatoms. The lowest BCUT2D eigenvalue weighted by molar-refractivity contribution is -0.113. The van der Waals surface area contributed by atoms with Crippen molar-refractivity contribution in [3.63, 3.8) is 0 Å². The normalized spacial score (nSPS) is 21.0. The number of urea groups is 1. The van der Waals surface area contributed by atoms with Gasteiger partial charge in [0, 0.05) is 22.7 Å². The van der Waals surface area contributed by atoms with Crippen LogP contribution in [0.5, 0.6) is 0 Å². The van der Waals surface area contributed by atoms with E-state index in [1.807, 2.05) is 0 Å². The maximum Gasteiger partial charge on any atom is 0.507 e. The number of halogens is 1. The summed E-state index contributed by atoms with van der Waals surface area (Å²) in [6, 6.07) is 12.9. The molecule has 8 nitrogen and oxygen atoms in total. The Morgan fingerprint density at radius 2 is 1.93 bits per heavy atom. The van der Waals surface area contributed by atoms with Crippen molar-refractivity contribution in [3.05, 3.63) is 64.8 Å². The van der Waals surface area contributed by atoms with Gasteiger partial charge >= 0.3 is 12.2 Å². The number of anilines is 2. The molecule has 0 saturated carbocycles. The highest BCUT2D eigenvalue weighted by atomic mass is 35.5. The number of benzene rings is 2. The quantitative estimate of drug-likeness (QED) is 0.404. The summed E-state index contributed by atoms with van der Waals surface area (Å²) in [6.45, 7) is 0. The third-order valence-corrected chi connectivity index (χ3v) is 4.66. The summed E-state index contributed by atoms with van der Waals surface area (Å²) in [4.78, 5) is 37.5. The Morgan fingerprint density at radius 1 is 1.18 bits per heavy atom. The molecule has 1 unspecified atom stereocenters. The lowest BCUT2D eigenvalue weighted by Crippen LogP contribution is -2.31. The average molecular weight is 400 g/mol. The first kappa shape index (κ1) is 17.9. The third-order valence-electron chi connectivity index (χ3n) is 4.42. The van der Waals surface area contributed by atoms with Crippen molar-refractivity contribution >= 4 is 46.6 Å². The number of carbonyl (C=O) groups is 3. The van der Waals surface area contributed by atoms with Gasteiger partial charge in [-0.25, -0.2) is 14.5 Å². The van der Waals surface area contributed by atoms with Crippen LogP contribution in [0.15, 0.2) is 54.2 Å². The van der Waals surface area contributed by atoms with Crippen LogP contribution in [0.25, 0.3) is 5.57 Å². The van der Waals surface area contributed by atoms with E-state index in [9.17, 15) is 14.4 Å². The number of hydrogen-bond acceptors (Lipinski definition) is 5. The Kier molecular flexibility index (Phi) is 4.40. The van der Waals surface area contributed by atoms with Crippen LogP contribution in [0, 0.1) is 0 Å². The van der Waals surface area contributed by atoms with Gasteiger partial charge in [-0.15, -0.1) is 0 Å². The summed E-state index contributed by atoms with van der Waals surface area (Å²) in [7, 11) is 0. The molecule has 2 aromatic rings. The minimum absolute atomic E-state index is 0.0604. The molecular weight excluding hydrogens is 386 g/mol. The van der Waals surface area contributed by atoms with E-state index in [4.69, 9.17) is 21.4 Å². The number of carbonyl (C=O) groups excluding carboxylic acids is 2. The molecule has 1 fully saturated rings. The summed E-state index contributed by atoms with van der Waals surface area (Å²) in [5, 5.41) is 14.9. The number of amides is 3. The molecule has 0 bridgehead atoms. The number of hydrogen-bond donors (Lipinski definition) is 3. The Hall–Kier alpha value is -3.52. The highest BCUT2D eigenvalue weighted by molar-refractivity contribution is 6.31. The van der Waals surface area contributed by atoms with Crippen LogP contribution in [0.1, 0.15) is 12.0 Å². The standard InChI is InChI=1S/C19H14ClN3O5/c20-10-6-7-12-13(9-15(28-19(26)27)21-14(12)8-10)16-17(24)23(18(25)22-16)11-4-2-1-3-5-11/h1-8,15,21H,9H2,(H,22,25)(H,26,27). The predicted molar refractivity (Wildman–Crippen MR) is 102 cm³/mol. The van der Waals surface area contributed by atoms with Crippen LogP contribution in [0.2, 0.25) is 5.02 Å². The number of fused-ring (bicyclic) bond motifs is 1. The fraction of sp³-hybridized carbons (Fsp3) is 0.105. The first-order chi connectivity index (χ1) is 13.4. The second-order valence-corrected chi connectivity index (χ2v) is 6.61. The van der Waals surface area contributed by atoms with Gasteiger partial charge in [0.25, 0.3) is 5.91 Å². The monoisotopic (exact) mass is 399 g/mol. The number of imide groups is 1. The van der Waals surface area contributed by atoms with E-state index in [0.29, 0.717) is 27.5 Å². The lowest BCUT2D eigenvalue weighted by Gasteiger charge is -2.28. The van der Waals surface area contributed by atoms with Gasteiger partial charge in [0.1, 0.15) is 5.70 Å². The molecule has 2 aromatic carbocycles. The molecule has 0 radical (unpaired) electrons. The Morgan fingerprint density at radius 3 is 2.64 bits per heavy atom. The summed E-state index contributed by atoms with van der Waals surface area (Å²) in [6.07, 6.45) is -2.33. The van der Waals surface area contributed by atoms with E-state index in [0.717, 1.165) is 4.90 Å². The molecule has 1 saturated heterocycles. The Bertz CT molecular complexity index is 1020. The molecule has 2 heterocycles. The van der Waals surface area contributed by atoms with Gasteiger partial charge in [-0.2, -0.15) is 0 Å².